The second-order valence-electron chi connectivity index (χ2n) is 27.0. The van der Waals surface area contributed by atoms with Crippen LogP contribution in [0.3, 0.4) is 0 Å². The monoisotopic (exact) mass is 1340 g/mol. The molecule has 0 atom stereocenters. The van der Waals surface area contributed by atoms with Crippen molar-refractivity contribution in [1.29, 1.82) is 0 Å². The Morgan fingerprint density at radius 1 is 0.240 bits per heavy atom. The Balaban J connectivity index is 0.889. The highest BCUT2D eigenvalue weighted by Gasteiger charge is 2.48. The van der Waals surface area contributed by atoms with Gasteiger partial charge in [0, 0.05) is 83.5 Å². The van der Waals surface area contributed by atoms with Crippen molar-refractivity contribution >= 4 is 126 Å². The zero-order valence-electron chi connectivity index (χ0n) is 56.7. The van der Waals surface area contributed by atoms with E-state index >= 15 is 0 Å². The minimum absolute atomic E-state index is 0.180. The number of anilines is 12. The van der Waals surface area contributed by atoms with Crippen molar-refractivity contribution in [3.63, 3.8) is 0 Å². The highest BCUT2D eigenvalue weighted by molar-refractivity contribution is 8.00. The van der Waals surface area contributed by atoms with Crippen LogP contribution in [0.25, 0.3) is 55.6 Å². The number of benzene rings is 16. The van der Waals surface area contributed by atoms with Gasteiger partial charge in [0.05, 0.1) is 28.4 Å². The molecular weight excluding hydrogens is 1280 g/mol. The summed E-state index contributed by atoms with van der Waals surface area (Å²) >= 11 is 1.90. The van der Waals surface area contributed by atoms with Gasteiger partial charge < -0.3 is 24.3 Å². The summed E-state index contributed by atoms with van der Waals surface area (Å²) in [5, 5.41) is 0. The summed E-state index contributed by atoms with van der Waals surface area (Å²) in [5.41, 5.74) is 31.4. The number of para-hydroxylation sites is 8. The quantitative estimate of drug-likeness (QED) is 0.107. The normalized spacial score (nSPS) is 12.6. The van der Waals surface area contributed by atoms with Crippen molar-refractivity contribution in [2.24, 2.45) is 0 Å². The zero-order valence-corrected chi connectivity index (χ0v) is 57.5. The topological polar surface area (TPSA) is 22.2 Å². The van der Waals surface area contributed by atoms with Gasteiger partial charge in [-0.25, -0.2) is 0 Å². The first-order valence-corrected chi connectivity index (χ1v) is 36.5. The predicted molar refractivity (Wildman–Crippen MR) is 439 cm³/mol. The van der Waals surface area contributed by atoms with E-state index in [4.69, 9.17) is 4.74 Å². The van der Waals surface area contributed by atoms with Crippen molar-refractivity contribution in [2.75, 3.05) is 19.6 Å². The zero-order chi connectivity index (χ0) is 68.6. The number of ether oxygens (including phenoxy) is 1. The van der Waals surface area contributed by atoms with Gasteiger partial charge >= 0.3 is 0 Å². The van der Waals surface area contributed by atoms with Crippen LogP contribution in [-0.4, -0.2) is 13.4 Å². The fraction of sp³-hybridized carbons (Fsp3) is 0. The van der Waals surface area contributed by atoms with E-state index in [2.05, 4.69) is 408 Å². The molecule has 104 heavy (non-hydrogen) atoms. The first kappa shape index (κ1) is 60.9. The van der Waals surface area contributed by atoms with Crippen LogP contribution in [0.2, 0.25) is 0 Å². The van der Waals surface area contributed by atoms with Crippen LogP contribution >= 0.6 is 11.8 Å². The fourth-order valence-corrected chi connectivity index (χ4v) is 17.9. The Bertz CT molecular complexity index is 5910. The van der Waals surface area contributed by atoms with Crippen LogP contribution < -0.4 is 57.1 Å². The smallest absolute Gasteiger partial charge is 0.256 e. The number of hydrogen-bond donors (Lipinski definition) is 0. The maximum absolute atomic E-state index is 7.56. The summed E-state index contributed by atoms with van der Waals surface area (Å²) in [6, 6.07) is 143. The molecule has 16 aromatic carbocycles. The molecule has 16 aromatic rings. The number of hydrogen-bond acceptors (Lipinski definition) is 6. The largest absolute Gasteiger partial charge is 0.458 e. The van der Waals surface area contributed by atoms with Crippen LogP contribution in [0.5, 0.6) is 11.5 Å². The Morgan fingerprint density at radius 2 is 0.654 bits per heavy atom. The van der Waals surface area contributed by atoms with Crippen molar-refractivity contribution in [3.8, 4) is 67.1 Å². The molecule has 0 N–H and O–H groups in total. The number of nitrogens with zero attached hydrogens (tertiary/aromatic N) is 4. The Labute approximate surface area is 611 Å². The molecule has 4 aliphatic heterocycles. The molecule has 0 aromatic heterocycles. The van der Waals surface area contributed by atoms with E-state index in [9.17, 15) is 0 Å². The summed E-state index contributed by atoms with van der Waals surface area (Å²) in [5.74, 6) is 1.66. The van der Waals surface area contributed by atoms with Crippen LogP contribution in [-0.2, 0) is 0 Å². The molecule has 0 radical (unpaired) electrons. The van der Waals surface area contributed by atoms with E-state index in [1.807, 2.05) is 11.8 Å². The molecule has 0 spiro atoms. The Hall–Kier alpha value is -13.0. The average Bonchev–Trinajstić information content (AvgIpc) is 0.691. The molecular formula is C96H64B2N4OS. The first-order valence-electron chi connectivity index (χ1n) is 35.7. The Morgan fingerprint density at radius 3 is 1.21 bits per heavy atom. The standard InChI is InChI=1S/C96H64B2N4OS/c1-8-33-65(34-9-1)74-47-22-27-54-83(74)99(70-43-18-6-19-44-70)72-59-88-94-91(61-72)103-90-58-31-26-53-80(90)98(94)81-63-82-92(64-87(81)102(88)96-77(68-39-14-4-15-40-68)50-32-51-78(96)69-41-16-5-17-42-69)104-93-62-73(100(71-45-20-7-21-46-71)84-55-28-23-48-75(84)66-35-10-2-11-36-66)60-89-95(93)97(82)79-52-25-30-57-86(79)101(89)85-56-29-24-49-76(85)67-37-12-3-13-38-67/h1-64H. The van der Waals surface area contributed by atoms with Gasteiger partial charge in [-0.3, -0.25) is 0 Å². The number of rotatable bonds is 13. The fourth-order valence-electron chi connectivity index (χ4n) is 16.7. The summed E-state index contributed by atoms with van der Waals surface area (Å²) in [7, 11) is 0. The predicted octanol–water partition coefficient (Wildman–Crippen LogP) is 22.1. The summed E-state index contributed by atoms with van der Waals surface area (Å²) in [6.07, 6.45) is 0. The van der Waals surface area contributed by atoms with Crippen LogP contribution in [0, 0.1) is 0 Å². The highest BCUT2D eigenvalue weighted by Crippen LogP contribution is 2.55. The molecule has 486 valence electrons. The third kappa shape index (κ3) is 10.2. The van der Waals surface area contributed by atoms with Crippen molar-refractivity contribution in [2.45, 2.75) is 9.79 Å². The third-order valence-electron chi connectivity index (χ3n) is 21.1. The second kappa shape index (κ2) is 25.6. The van der Waals surface area contributed by atoms with E-state index in [1.54, 1.807) is 0 Å². The SMILES string of the molecule is c1ccc(-c2ccccc2N(c2ccccc2)c2cc3c4c(c2)N(c2c(-c5ccccc5)cccc2-c2ccccc2)c2cc5c(cc2B4c2ccccc2O3)B2c3ccccc3N(c3ccccc3-c3ccccc3)c3cc(N(c4ccccc4)c4ccccc4-c4ccccc4)cc(c32)S5)cc1. The number of fused-ring (bicyclic) bond motifs is 8. The van der Waals surface area contributed by atoms with E-state index in [0.717, 1.165) is 146 Å². The molecule has 0 aliphatic carbocycles. The molecule has 0 bridgehead atoms. The lowest BCUT2D eigenvalue weighted by Gasteiger charge is -2.44. The average molecular weight is 1340 g/mol. The van der Waals surface area contributed by atoms with Crippen molar-refractivity contribution in [1.82, 2.24) is 0 Å². The summed E-state index contributed by atoms with van der Waals surface area (Å²) in [6.45, 7) is -0.423. The van der Waals surface area contributed by atoms with Crippen LogP contribution in [0.1, 0.15) is 0 Å². The summed E-state index contributed by atoms with van der Waals surface area (Å²) in [4.78, 5) is 12.5. The first-order chi connectivity index (χ1) is 51.6. The van der Waals surface area contributed by atoms with E-state index in [1.165, 1.54) is 31.6 Å². The van der Waals surface area contributed by atoms with Crippen molar-refractivity contribution in [3.05, 3.63) is 388 Å². The van der Waals surface area contributed by atoms with Gasteiger partial charge in [0.2, 0.25) is 6.71 Å². The molecule has 8 heteroatoms. The minimum Gasteiger partial charge on any atom is -0.458 e. The van der Waals surface area contributed by atoms with Crippen LogP contribution in [0.15, 0.2) is 398 Å². The van der Waals surface area contributed by atoms with E-state index in [0.29, 0.717) is 0 Å². The second-order valence-corrected chi connectivity index (χ2v) is 28.0. The van der Waals surface area contributed by atoms with Gasteiger partial charge in [-0.05, 0) is 134 Å². The van der Waals surface area contributed by atoms with E-state index < -0.39 is 0 Å². The molecule has 4 aliphatic rings. The molecule has 0 unspecified atom stereocenters. The molecule has 20 rings (SSSR count). The van der Waals surface area contributed by atoms with Crippen LogP contribution in [0.4, 0.5) is 68.2 Å². The van der Waals surface area contributed by atoms with E-state index in [-0.39, 0.29) is 13.4 Å². The molecule has 5 nitrogen and oxygen atoms in total. The van der Waals surface area contributed by atoms with Gasteiger partial charge in [-0.15, -0.1) is 0 Å². The molecule has 4 heterocycles. The minimum atomic E-state index is -0.244. The van der Waals surface area contributed by atoms with Gasteiger partial charge in [-0.2, -0.15) is 0 Å². The lowest BCUT2D eigenvalue weighted by Crippen LogP contribution is -2.63. The molecule has 0 saturated carbocycles. The lowest BCUT2D eigenvalue weighted by atomic mass is 9.31. The van der Waals surface area contributed by atoms with Gasteiger partial charge in [0.1, 0.15) is 11.5 Å². The van der Waals surface area contributed by atoms with Gasteiger partial charge in [0.25, 0.3) is 6.71 Å². The lowest BCUT2D eigenvalue weighted by molar-refractivity contribution is 0.487. The molecule has 0 amide bonds. The maximum atomic E-state index is 7.56. The molecule has 0 saturated heterocycles. The van der Waals surface area contributed by atoms with Gasteiger partial charge in [-0.1, -0.05) is 321 Å². The summed E-state index contributed by atoms with van der Waals surface area (Å²) < 4.78 is 7.56. The molecule has 0 fully saturated rings. The third-order valence-corrected chi connectivity index (χ3v) is 22.2. The van der Waals surface area contributed by atoms with Gasteiger partial charge in [0.15, 0.2) is 0 Å². The highest BCUT2D eigenvalue weighted by atomic mass is 32.2. The Kier molecular flexibility index (Phi) is 15.0. The maximum Gasteiger partial charge on any atom is 0.256 e. The van der Waals surface area contributed by atoms with Crippen molar-refractivity contribution < 1.29 is 4.74 Å².